The van der Waals surface area contributed by atoms with Gasteiger partial charge in [-0.25, -0.2) is 14.4 Å². The van der Waals surface area contributed by atoms with Gasteiger partial charge in [0.15, 0.2) is 11.5 Å². The molecular formula is C20H27NO11. The highest BCUT2D eigenvalue weighted by Crippen LogP contribution is 2.36. The molecule has 1 rings (SSSR count). The first-order chi connectivity index (χ1) is 15.0. The first kappa shape index (κ1) is 26.5. The number of ether oxygens (including phenoxy) is 6. The van der Waals surface area contributed by atoms with Gasteiger partial charge in [-0.1, -0.05) is 13.0 Å². The summed E-state index contributed by atoms with van der Waals surface area (Å²) < 4.78 is 28.7. The molecule has 1 aromatic carbocycles. The van der Waals surface area contributed by atoms with Crippen molar-refractivity contribution >= 4 is 24.4 Å². The lowest BCUT2D eigenvalue weighted by Gasteiger charge is -2.28. The van der Waals surface area contributed by atoms with Gasteiger partial charge in [0.05, 0.1) is 26.9 Å². The Kier molecular flexibility index (Phi) is 10.2. The molecule has 0 saturated carbocycles. The summed E-state index contributed by atoms with van der Waals surface area (Å²) in [6.45, 7) is 4.71. The molecule has 0 aromatic heterocycles. The minimum absolute atomic E-state index is 0.182. The highest BCUT2D eigenvalue weighted by atomic mass is 16.7. The van der Waals surface area contributed by atoms with Crippen molar-refractivity contribution in [3.63, 3.8) is 0 Å². The first-order valence-corrected chi connectivity index (χ1v) is 9.47. The lowest BCUT2D eigenvalue weighted by Crippen LogP contribution is -2.40. The van der Waals surface area contributed by atoms with E-state index in [1.54, 1.807) is 20.8 Å². The molecule has 0 saturated heterocycles. The summed E-state index contributed by atoms with van der Waals surface area (Å²) in [4.78, 5) is 46.4. The number of benzene rings is 1. The molecule has 178 valence electrons. The van der Waals surface area contributed by atoms with Gasteiger partial charge in [-0.15, -0.1) is 0 Å². The van der Waals surface area contributed by atoms with Gasteiger partial charge in [0, 0.05) is 5.92 Å². The molecule has 0 bridgehead atoms. The van der Waals surface area contributed by atoms with E-state index in [2.05, 4.69) is 9.47 Å². The molecule has 12 nitrogen and oxygen atoms in total. The summed E-state index contributed by atoms with van der Waals surface area (Å²) >= 11 is 0. The van der Waals surface area contributed by atoms with Crippen molar-refractivity contribution in [3.05, 3.63) is 23.8 Å². The van der Waals surface area contributed by atoms with Crippen LogP contribution >= 0.6 is 0 Å². The average molecular weight is 457 g/mol. The second-order valence-corrected chi connectivity index (χ2v) is 6.91. The highest BCUT2D eigenvalue weighted by Gasteiger charge is 2.33. The summed E-state index contributed by atoms with van der Waals surface area (Å²) in [7, 11) is 2.16. The number of hydrogen-bond donors (Lipinski definition) is 2. The molecule has 0 spiro atoms. The van der Waals surface area contributed by atoms with E-state index in [1.807, 2.05) is 0 Å². The Morgan fingerprint density at radius 3 is 2.00 bits per heavy atom. The molecule has 3 N–H and O–H groups in total. The summed E-state index contributed by atoms with van der Waals surface area (Å²) in [5.74, 6) is -3.23. The highest BCUT2D eigenvalue weighted by molar-refractivity contribution is 5.75. The fraction of sp³-hybridized carbons (Fsp3) is 0.500. The van der Waals surface area contributed by atoms with Crippen LogP contribution in [-0.2, 0) is 23.7 Å². The molecule has 0 amide bonds. The molecule has 2 unspecified atom stereocenters. The van der Waals surface area contributed by atoms with E-state index < -0.39 is 48.4 Å². The van der Waals surface area contributed by atoms with Gasteiger partial charge in [-0.3, -0.25) is 4.79 Å². The zero-order chi connectivity index (χ0) is 24.4. The van der Waals surface area contributed by atoms with E-state index >= 15 is 0 Å². The molecule has 12 heteroatoms. The summed E-state index contributed by atoms with van der Waals surface area (Å²) in [5, 5.41) is 9.47. The van der Waals surface area contributed by atoms with Crippen molar-refractivity contribution in [2.45, 2.75) is 38.8 Å². The predicted molar refractivity (Wildman–Crippen MR) is 108 cm³/mol. The summed E-state index contributed by atoms with van der Waals surface area (Å²) in [6.07, 6.45) is -3.48. The third-order valence-electron chi connectivity index (χ3n) is 4.15. The predicted octanol–water partition coefficient (Wildman–Crippen LogP) is 2.67. The van der Waals surface area contributed by atoms with Crippen molar-refractivity contribution in [2.24, 2.45) is 11.7 Å². The second kappa shape index (κ2) is 12.3. The maximum atomic E-state index is 11.7. The zero-order valence-corrected chi connectivity index (χ0v) is 18.4. The second-order valence-electron chi connectivity index (χ2n) is 6.91. The maximum Gasteiger partial charge on any atom is 0.513 e. The number of methoxy groups -OCH3 is 2. The van der Waals surface area contributed by atoms with Crippen molar-refractivity contribution in [3.8, 4) is 11.5 Å². The van der Waals surface area contributed by atoms with Crippen LogP contribution in [0.2, 0.25) is 0 Å². The van der Waals surface area contributed by atoms with Crippen LogP contribution in [0.5, 0.6) is 11.5 Å². The Labute approximate surface area is 184 Å². The molecule has 3 atom stereocenters. The number of aliphatic carboxylic acids is 1. The molecular weight excluding hydrogens is 430 g/mol. The minimum Gasteiger partial charge on any atom is -0.480 e. The maximum absolute atomic E-state index is 11.7. The normalized spacial score (nSPS) is 13.3. The first-order valence-electron chi connectivity index (χ1n) is 9.47. The lowest BCUT2D eigenvalue weighted by atomic mass is 9.82. The van der Waals surface area contributed by atoms with Crippen molar-refractivity contribution in [1.82, 2.24) is 0 Å². The van der Waals surface area contributed by atoms with Gasteiger partial charge in [-0.05, 0) is 37.5 Å². The van der Waals surface area contributed by atoms with E-state index in [-0.39, 0.29) is 18.1 Å². The van der Waals surface area contributed by atoms with E-state index in [4.69, 9.17) is 24.7 Å². The lowest BCUT2D eigenvalue weighted by molar-refractivity contribution is -0.139. The Morgan fingerprint density at radius 2 is 1.50 bits per heavy atom. The number of carboxylic acid groups (broad SMARTS) is 1. The number of carbonyl (C=O) groups is 4. The van der Waals surface area contributed by atoms with Crippen LogP contribution in [0.4, 0.5) is 14.4 Å². The smallest absolute Gasteiger partial charge is 0.480 e. The van der Waals surface area contributed by atoms with E-state index in [9.17, 15) is 24.3 Å². The number of hydrogen-bond acceptors (Lipinski definition) is 11. The summed E-state index contributed by atoms with van der Waals surface area (Å²) in [5.41, 5.74) is 6.20. The number of nitrogens with two attached hydrogens (primary N) is 1. The van der Waals surface area contributed by atoms with Crippen LogP contribution in [0.1, 0.15) is 32.3 Å². The van der Waals surface area contributed by atoms with Crippen LogP contribution in [0.15, 0.2) is 18.2 Å². The fourth-order valence-corrected chi connectivity index (χ4v) is 2.73. The van der Waals surface area contributed by atoms with E-state index in [0.29, 0.717) is 5.56 Å². The van der Waals surface area contributed by atoms with Crippen LogP contribution in [0.25, 0.3) is 0 Å². The molecule has 0 aliphatic rings. The Bertz CT molecular complexity index is 824. The zero-order valence-electron chi connectivity index (χ0n) is 18.4. The average Bonchev–Trinajstić information content (AvgIpc) is 2.73. The van der Waals surface area contributed by atoms with Crippen LogP contribution < -0.4 is 15.2 Å². The molecule has 0 radical (unpaired) electrons. The van der Waals surface area contributed by atoms with Gasteiger partial charge < -0.3 is 39.3 Å². The molecule has 32 heavy (non-hydrogen) atoms. The van der Waals surface area contributed by atoms with Gasteiger partial charge in [0.1, 0.15) is 6.04 Å². The number of carboxylic acids is 1. The molecule has 0 aliphatic carbocycles. The quantitative estimate of drug-likeness (QED) is 0.316. The van der Waals surface area contributed by atoms with Gasteiger partial charge in [0.2, 0.25) is 0 Å². The van der Waals surface area contributed by atoms with Crippen molar-refractivity contribution < 1.29 is 52.7 Å². The van der Waals surface area contributed by atoms with Crippen LogP contribution in [0.3, 0.4) is 0 Å². The van der Waals surface area contributed by atoms with Crippen molar-refractivity contribution in [2.75, 3.05) is 20.8 Å². The molecule has 1 aromatic rings. The Morgan fingerprint density at radius 1 is 0.938 bits per heavy atom. The topological polar surface area (TPSA) is 170 Å². The van der Waals surface area contributed by atoms with Crippen LogP contribution in [-0.4, -0.2) is 62.5 Å². The largest absolute Gasteiger partial charge is 0.513 e. The number of rotatable bonds is 9. The Balaban J connectivity index is 3.28. The fourth-order valence-electron chi connectivity index (χ4n) is 2.73. The monoisotopic (exact) mass is 457 g/mol. The van der Waals surface area contributed by atoms with Crippen LogP contribution in [0, 0.1) is 5.92 Å². The molecule has 0 aliphatic heterocycles. The third kappa shape index (κ3) is 7.95. The molecule has 0 fully saturated rings. The van der Waals surface area contributed by atoms with E-state index in [1.165, 1.54) is 18.2 Å². The molecule has 0 heterocycles. The third-order valence-corrected chi connectivity index (χ3v) is 4.15. The van der Waals surface area contributed by atoms with Gasteiger partial charge in [0.25, 0.3) is 0 Å². The van der Waals surface area contributed by atoms with Crippen molar-refractivity contribution in [1.29, 1.82) is 0 Å². The Hall–Kier alpha value is -3.54. The van der Waals surface area contributed by atoms with E-state index in [0.717, 1.165) is 14.2 Å². The SMILES string of the molecule is COC(=O)Oc1ccc(C(C(C)COC(=O)OC(C)C)[C@H](N)C(=O)O)cc1OC(=O)OC. The number of carbonyl (C=O) groups excluding carboxylic acids is 3. The van der Waals surface area contributed by atoms with Gasteiger partial charge >= 0.3 is 24.4 Å². The minimum atomic E-state index is -1.41. The van der Waals surface area contributed by atoms with Gasteiger partial charge in [-0.2, -0.15) is 0 Å². The summed E-state index contributed by atoms with van der Waals surface area (Å²) in [6, 6.07) is 2.56. The standard InChI is InChI=1S/C20H27NO11/c1-10(2)30-20(26)29-9-11(3)15(16(21)17(22)23)12-6-7-13(31-18(24)27-4)14(8-12)32-19(25)28-5/h6-8,10-11,15-16H,9,21H2,1-5H3,(H,22,23)/t11?,15?,16-/m0/s1.